The molecule has 0 aliphatic carbocycles. The molecule has 0 amide bonds. The zero-order valence-electron chi connectivity index (χ0n) is 45.8. The summed E-state index contributed by atoms with van der Waals surface area (Å²) in [5.41, 5.74) is 0. The van der Waals surface area contributed by atoms with Gasteiger partial charge in [0.05, 0.1) is 0 Å². The van der Waals surface area contributed by atoms with Gasteiger partial charge in [-0.1, -0.05) is 246 Å². The van der Waals surface area contributed by atoms with Crippen LogP contribution in [0.4, 0.5) is 0 Å². The molecule has 0 fully saturated rings. The van der Waals surface area contributed by atoms with E-state index >= 15 is 0 Å². The van der Waals surface area contributed by atoms with E-state index in [0.29, 0.717) is 19.3 Å². The van der Waals surface area contributed by atoms with Crippen LogP contribution < -0.4 is 0 Å². The van der Waals surface area contributed by atoms with Gasteiger partial charge in [-0.15, -0.1) is 0 Å². The van der Waals surface area contributed by atoms with Crippen molar-refractivity contribution in [1.82, 2.24) is 0 Å². The molecule has 0 saturated carbocycles. The molecular formula is C64H108O6. The maximum absolute atomic E-state index is 12.8. The lowest BCUT2D eigenvalue weighted by Gasteiger charge is -2.18. The Morgan fingerprint density at radius 3 is 0.900 bits per heavy atom. The summed E-state index contributed by atoms with van der Waals surface area (Å²) >= 11 is 0. The quantitative estimate of drug-likeness (QED) is 0.0262. The third-order valence-corrected chi connectivity index (χ3v) is 12.3. The predicted molar refractivity (Wildman–Crippen MR) is 302 cm³/mol. The fourth-order valence-electron chi connectivity index (χ4n) is 7.95. The van der Waals surface area contributed by atoms with Gasteiger partial charge in [0, 0.05) is 19.3 Å². The van der Waals surface area contributed by atoms with Gasteiger partial charge >= 0.3 is 17.9 Å². The van der Waals surface area contributed by atoms with Gasteiger partial charge < -0.3 is 14.2 Å². The largest absolute Gasteiger partial charge is 0.462 e. The van der Waals surface area contributed by atoms with Crippen LogP contribution in [0, 0.1) is 0 Å². The van der Waals surface area contributed by atoms with Crippen LogP contribution in [0.2, 0.25) is 0 Å². The van der Waals surface area contributed by atoms with E-state index in [1.54, 1.807) is 0 Å². The highest BCUT2D eigenvalue weighted by molar-refractivity contribution is 5.71. The maximum Gasteiger partial charge on any atom is 0.306 e. The summed E-state index contributed by atoms with van der Waals surface area (Å²) in [7, 11) is 0. The highest BCUT2D eigenvalue weighted by Crippen LogP contribution is 2.15. The fourth-order valence-corrected chi connectivity index (χ4v) is 7.95. The van der Waals surface area contributed by atoms with E-state index in [2.05, 4.69) is 118 Å². The number of hydrogen-bond donors (Lipinski definition) is 0. The van der Waals surface area contributed by atoms with Gasteiger partial charge in [-0.2, -0.15) is 0 Å². The minimum atomic E-state index is -0.792. The summed E-state index contributed by atoms with van der Waals surface area (Å²) in [4.78, 5) is 38.1. The average Bonchev–Trinajstić information content (AvgIpc) is 3.36. The molecule has 6 nitrogen and oxygen atoms in total. The second-order valence-electron chi connectivity index (χ2n) is 19.2. The van der Waals surface area contributed by atoms with Crippen molar-refractivity contribution in [2.45, 2.75) is 277 Å². The van der Waals surface area contributed by atoms with Gasteiger partial charge in [0.2, 0.25) is 0 Å². The number of rotatable bonds is 52. The van der Waals surface area contributed by atoms with Crippen LogP contribution in [0.15, 0.2) is 97.2 Å². The number of allylic oxidation sites excluding steroid dienone is 16. The number of carbonyl (C=O) groups excluding carboxylic acids is 3. The van der Waals surface area contributed by atoms with Crippen molar-refractivity contribution in [3.8, 4) is 0 Å². The third kappa shape index (κ3) is 55.3. The molecule has 0 spiro atoms. The van der Waals surface area contributed by atoms with Gasteiger partial charge in [0.15, 0.2) is 6.10 Å². The Morgan fingerprint density at radius 1 is 0.300 bits per heavy atom. The molecule has 0 aromatic rings. The summed E-state index contributed by atoms with van der Waals surface area (Å²) in [6.07, 6.45) is 76.9. The zero-order chi connectivity index (χ0) is 50.7. The number of hydrogen-bond acceptors (Lipinski definition) is 6. The summed E-state index contributed by atoms with van der Waals surface area (Å²) < 4.78 is 16.8. The Morgan fingerprint density at radius 2 is 0.557 bits per heavy atom. The maximum atomic E-state index is 12.8. The standard InChI is InChI=1S/C64H108O6/c1-4-7-10-13-16-19-22-24-26-28-29-30-31-32-33-34-35-37-38-40-42-45-48-51-54-57-63(66)69-60-61(59-68-62(65)56-53-50-47-44-21-18-15-12-9-6-3)70-64(67)58-55-52-49-46-43-41-39-36-27-25-23-20-17-14-11-8-5-2/h7,10,16,19,24-27,29-30,32-33,35,37,40,42,61H,4-6,8-9,11-15,17-18,20-23,28,31,34,36,38-39,41,43-60H2,1-3H3/b10-7-,19-16-,26-24-,27-25-,30-29-,33-32-,37-35-,42-40-. The second-order valence-corrected chi connectivity index (χ2v) is 19.2. The topological polar surface area (TPSA) is 78.9 Å². The van der Waals surface area contributed by atoms with Crippen LogP contribution >= 0.6 is 0 Å². The number of ether oxygens (including phenoxy) is 3. The van der Waals surface area contributed by atoms with Crippen LogP contribution in [0.3, 0.4) is 0 Å². The fraction of sp³-hybridized carbons (Fsp3) is 0.703. The molecule has 400 valence electrons. The number of esters is 3. The Kier molecular flexibility index (Phi) is 54.9. The molecule has 0 aromatic carbocycles. The SMILES string of the molecule is CC/C=C\C/C=C\C/C=C\C/C=C\C/C=C\C/C=C\C/C=C\CCCCCC(=O)OCC(COC(=O)CCCCCCCCCCCC)OC(=O)CCCCCCCCC/C=C\CCCCCCCC. The van der Waals surface area contributed by atoms with E-state index in [1.165, 1.54) is 122 Å². The Hall–Kier alpha value is -3.67. The summed E-state index contributed by atoms with van der Waals surface area (Å²) in [6, 6.07) is 0. The van der Waals surface area contributed by atoms with Gasteiger partial charge in [-0.25, -0.2) is 0 Å². The smallest absolute Gasteiger partial charge is 0.306 e. The van der Waals surface area contributed by atoms with E-state index in [4.69, 9.17) is 14.2 Å². The van der Waals surface area contributed by atoms with Gasteiger partial charge in [0.25, 0.3) is 0 Å². The average molecular weight is 974 g/mol. The van der Waals surface area contributed by atoms with Crippen molar-refractivity contribution in [2.75, 3.05) is 13.2 Å². The Balaban J connectivity index is 4.37. The van der Waals surface area contributed by atoms with Crippen molar-refractivity contribution >= 4 is 17.9 Å². The molecule has 6 heteroatoms. The van der Waals surface area contributed by atoms with Gasteiger partial charge in [-0.05, 0) is 103 Å². The van der Waals surface area contributed by atoms with Crippen molar-refractivity contribution < 1.29 is 28.6 Å². The minimum absolute atomic E-state index is 0.0885. The van der Waals surface area contributed by atoms with E-state index in [1.807, 2.05) is 0 Å². The van der Waals surface area contributed by atoms with Crippen LogP contribution in [0.25, 0.3) is 0 Å². The highest BCUT2D eigenvalue weighted by Gasteiger charge is 2.19. The van der Waals surface area contributed by atoms with Gasteiger partial charge in [-0.3, -0.25) is 14.4 Å². The molecule has 0 aromatic heterocycles. The second kappa shape index (κ2) is 57.9. The highest BCUT2D eigenvalue weighted by atomic mass is 16.6. The molecule has 1 unspecified atom stereocenters. The summed E-state index contributed by atoms with van der Waals surface area (Å²) in [5.74, 6) is -0.925. The lowest BCUT2D eigenvalue weighted by molar-refractivity contribution is -0.167. The monoisotopic (exact) mass is 973 g/mol. The van der Waals surface area contributed by atoms with Crippen LogP contribution in [0.1, 0.15) is 271 Å². The van der Waals surface area contributed by atoms with Crippen LogP contribution in [-0.2, 0) is 28.6 Å². The lowest BCUT2D eigenvalue weighted by atomic mass is 10.1. The predicted octanol–water partition coefficient (Wildman–Crippen LogP) is 19.7. The number of unbranched alkanes of at least 4 members (excludes halogenated alkanes) is 25. The normalized spacial score (nSPS) is 12.8. The molecule has 0 radical (unpaired) electrons. The minimum Gasteiger partial charge on any atom is -0.462 e. The Labute approximate surface area is 432 Å². The molecule has 0 heterocycles. The van der Waals surface area contributed by atoms with Crippen molar-refractivity contribution in [1.29, 1.82) is 0 Å². The lowest BCUT2D eigenvalue weighted by Crippen LogP contribution is -2.30. The van der Waals surface area contributed by atoms with Crippen LogP contribution in [0.5, 0.6) is 0 Å². The molecule has 0 bridgehead atoms. The van der Waals surface area contributed by atoms with Crippen molar-refractivity contribution in [3.05, 3.63) is 97.2 Å². The molecule has 0 aliphatic rings. The first-order chi connectivity index (χ1) is 34.5. The van der Waals surface area contributed by atoms with Crippen molar-refractivity contribution in [2.24, 2.45) is 0 Å². The molecular weight excluding hydrogens is 865 g/mol. The summed E-state index contributed by atoms with van der Waals surface area (Å²) in [6.45, 7) is 6.49. The first-order valence-electron chi connectivity index (χ1n) is 29.2. The molecule has 70 heavy (non-hydrogen) atoms. The van der Waals surface area contributed by atoms with Gasteiger partial charge in [0.1, 0.15) is 13.2 Å². The first-order valence-corrected chi connectivity index (χ1v) is 29.2. The first kappa shape index (κ1) is 66.3. The summed E-state index contributed by atoms with van der Waals surface area (Å²) in [5, 5.41) is 0. The third-order valence-electron chi connectivity index (χ3n) is 12.3. The van der Waals surface area contributed by atoms with E-state index < -0.39 is 6.10 Å². The molecule has 1 atom stereocenters. The molecule has 0 aliphatic heterocycles. The van der Waals surface area contributed by atoms with E-state index in [-0.39, 0.29) is 31.1 Å². The molecule has 0 rings (SSSR count). The van der Waals surface area contributed by atoms with Crippen LogP contribution in [-0.4, -0.2) is 37.2 Å². The zero-order valence-corrected chi connectivity index (χ0v) is 45.8. The Bertz CT molecular complexity index is 1400. The molecule has 0 N–H and O–H groups in total. The van der Waals surface area contributed by atoms with E-state index in [0.717, 1.165) is 109 Å². The van der Waals surface area contributed by atoms with Crippen molar-refractivity contribution in [3.63, 3.8) is 0 Å². The van der Waals surface area contributed by atoms with E-state index in [9.17, 15) is 14.4 Å². The number of carbonyl (C=O) groups is 3. The molecule has 0 saturated heterocycles.